The maximum Gasteiger partial charge on any atom is 0.233 e. The summed E-state index contributed by atoms with van der Waals surface area (Å²) < 4.78 is 5.27. The van der Waals surface area contributed by atoms with Crippen molar-refractivity contribution in [1.82, 2.24) is 4.90 Å². The van der Waals surface area contributed by atoms with Gasteiger partial charge in [0.15, 0.2) is 0 Å². The quantitative estimate of drug-likeness (QED) is 0.933. The Kier molecular flexibility index (Phi) is 4.63. The minimum atomic E-state index is -0.494. The van der Waals surface area contributed by atoms with Crippen LogP contribution in [0.25, 0.3) is 0 Å². The molecule has 1 amide bonds. The van der Waals surface area contributed by atoms with E-state index in [2.05, 4.69) is 0 Å². The molecule has 0 spiro atoms. The number of methoxy groups -OCH3 is 1. The van der Waals surface area contributed by atoms with Gasteiger partial charge in [0.25, 0.3) is 0 Å². The van der Waals surface area contributed by atoms with Crippen molar-refractivity contribution in [3.63, 3.8) is 0 Å². The van der Waals surface area contributed by atoms with Crippen molar-refractivity contribution >= 4 is 5.91 Å². The molecular weight excluding hydrogens is 290 g/mol. The number of amides is 1. The van der Waals surface area contributed by atoms with E-state index in [9.17, 15) is 9.90 Å². The molecule has 4 heteroatoms. The summed E-state index contributed by atoms with van der Waals surface area (Å²) in [6.45, 7) is 0.367. The summed E-state index contributed by atoms with van der Waals surface area (Å²) in [5, 5.41) is 10.1. The molecule has 0 saturated carbocycles. The van der Waals surface area contributed by atoms with Gasteiger partial charge in [-0.15, -0.1) is 0 Å². The van der Waals surface area contributed by atoms with Crippen LogP contribution in [0.4, 0.5) is 0 Å². The van der Waals surface area contributed by atoms with Gasteiger partial charge in [-0.1, -0.05) is 48.6 Å². The van der Waals surface area contributed by atoms with E-state index in [1.54, 1.807) is 12.0 Å². The standard InChI is InChI=1S/C19H21NO3/c1-23-17-10-6-9-15(11-17)18-12-16(21)13-20(18)19(22)14-7-4-2-3-5-8-14/h2-11,14,16,18,21H,12-13H2,1H3/t16-,18-/m0/s1. The Hall–Kier alpha value is -2.33. The van der Waals surface area contributed by atoms with Gasteiger partial charge in [0.1, 0.15) is 5.75 Å². The number of rotatable bonds is 3. The van der Waals surface area contributed by atoms with Gasteiger partial charge in [-0.2, -0.15) is 0 Å². The number of hydrogen-bond donors (Lipinski definition) is 1. The van der Waals surface area contributed by atoms with Crippen LogP contribution in [-0.2, 0) is 4.79 Å². The molecule has 1 aromatic rings. The second kappa shape index (κ2) is 6.84. The smallest absolute Gasteiger partial charge is 0.233 e. The van der Waals surface area contributed by atoms with Gasteiger partial charge in [-0.05, 0) is 24.1 Å². The molecular formula is C19H21NO3. The Morgan fingerprint density at radius 3 is 2.65 bits per heavy atom. The second-order valence-electron chi connectivity index (χ2n) is 5.85. The maximum atomic E-state index is 12.9. The topological polar surface area (TPSA) is 49.8 Å². The number of benzene rings is 1. The van der Waals surface area contributed by atoms with E-state index in [0.29, 0.717) is 13.0 Å². The van der Waals surface area contributed by atoms with Gasteiger partial charge >= 0.3 is 0 Å². The van der Waals surface area contributed by atoms with E-state index in [1.165, 1.54) is 0 Å². The number of aliphatic hydroxyl groups excluding tert-OH is 1. The molecule has 1 aliphatic carbocycles. The molecule has 2 atom stereocenters. The van der Waals surface area contributed by atoms with Crippen molar-refractivity contribution in [1.29, 1.82) is 0 Å². The molecule has 0 unspecified atom stereocenters. The lowest BCUT2D eigenvalue weighted by Crippen LogP contribution is -2.35. The van der Waals surface area contributed by atoms with Gasteiger partial charge < -0.3 is 14.7 Å². The first-order valence-corrected chi connectivity index (χ1v) is 7.83. The molecule has 1 aliphatic heterocycles. The van der Waals surface area contributed by atoms with E-state index < -0.39 is 6.10 Å². The van der Waals surface area contributed by atoms with Crippen molar-refractivity contribution < 1.29 is 14.6 Å². The maximum absolute atomic E-state index is 12.9. The zero-order valence-electron chi connectivity index (χ0n) is 13.1. The third kappa shape index (κ3) is 3.37. The largest absolute Gasteiger partial charge is 0.497 e. The van der Waals surface area contributed by atoms with E-state index in [-0.39, 0.29) is 17.9 Å². The number of carbonyl (C=O) groups excluding carboxylic acids is 1. The number of ether oxygens (including phenoxy) is 1. The van der Waals surface area contributed by atoms with Crippen molar-refractivity contribution in [2.75, 3.05) is 13.7 Å². The predicted molar refractivity (Wildman–Crippen MR) is 89.0 cm³/mol. The summed E-state index contributed by atoms with van der Waals surface area (Å²) in [6.07, 6.45) is 11.4. The first-order valence-electron chi connectivity index (χ1n) is 7.83. The van der Waals surface area contributed by atoms with Crippen molar-refractivity contribution in [2.45, 2.75) is 18.6 Å². The average Bonchev–Trinajstić information content (AvgIpc) is 2.79. The van der Waals surface area contributed by atoms with Gasteiger partial charge in [-0.25, -0.2) is 0 Å². The Bertz CT molecular complexity index is 646. The molecule has 0 bridgehead atoms. The highest BCUT2D eigenvalue weighted by Gasteiger charge is 2.37. The van der Waals surface area contributed by atoms with Gasteiger partial charge in [-0.3, -0.25) is 4.79 Å². The number of β-amino-alcohol motifs (C(OH)–C–C–N with tert-alkyl or cyclic N) is 1. The molecule has 1 heterocycles. The number of aliphatic hydroxyl groups is 1. The Morgan fingerprint density at radius 2 is 1.96 bits per heavy atom. The SMILES string of the molecule is COc1cccc([C@@H]2C[C@H](O)CN2C(=O)C2C=CC=CC=C2)c1. The third-order valence-electron chi connectivity index (χ3n) is 4.30. The van der Waals surface area contributed by atoms with Crippen LogP contribution in [0.15, 0.2) is 60.7 Å². The molecule has 4 nitrogen and oxygen atoms in total. The summed E-state index contributed by atoms with van der Waals surface area (Å²) in [5.41, 5.74) is 0.994. The molecule has 0 aromatic heterocycles. The highest BCUT2D eigenvalue weighted by molar-refractivity contribution is 5.83. The molecule has 1 aromatic carbocycles. The third-order valence-corrected chi connectivity index (χ3v) is 4.30. The minimum absolute atomic E-state index is 0.0190. The minimum Gasteiger partial charge on any atom is -0.497 e. The van der Waals surface area contributed by atoms with E-state index in [4.69, 9.17) is 4.74 Å². The highest BCUT2D eigenvalue weighted by Crippen LogP contribution is 2.35. The predicted octanol–water partition coefficient (Wildman–Crippen LogP) is 2.63. The molecule has 2 aliphatic rings. The van der Waals surface area contributed by atoms with E-state index >= 15 is 0 Å². The lowest BCUT2D eigenvalue weighted by Gasteiger charge is -2.27. The number of hydrogen-bond acceptors (Lipinski definition) is 3. The summed E-state index contributed by atoms with van der Waals surface area (Å²) in [4.78, 5) is 14.7. The van der Waals surface area contributed by atoms with Crippen LogP contribution in [0.1, 0.15) is 18.0 Å². The van der Waals surface area contributed by atoms with Gasteiger partial charge in [0.2, 0.25) is 5.91 Å². The average molecular weight is 311 g/mol. The molecule has 0 radical (unpaired) electrons. The lowest BCUT2D eigenvalue weighted by atomic mass is 10.0. The van der Waals surface area contributed by atoms with Crippen molar-refractivity contribution in [2.24, 2.45) is 5.92 Å². The lowest BCUT2D eigenvalue weighted by molar-refractivity contribution is -0.134. The fourth-order valence-electron chi connectivity index (χ4n) is 3.14. The van der Waals surface area contributed by atoms with Crippen LogP contribution < -0.4 is 4.74 Å². The number of allylic oxidation sites excluding steroid dienone is 4. The summed E-state index contributed by atoms with van der Waals surface area (Å²) in [7, 11) is 1.62. The summed E-state index contributed by atoms with van der Waals surface area (Å²) in [6, 6.07) is 7.58. The second-order valence-corrected chi connectivity index (χ2v) is 5.85. The Labute approximate surface area is 136 Å². The first-order chi connectivity index (χ1) is 11.2. The Morgan fingerprint density at radius 1 is 1.22 bits per heavy atom. The van der Waals surface area contributed by atoms with Crippen molar-refractivity contribution in [3.8, 4) is 5.75 Å². The molecule has 120 valence electrons. The monoisotopic (exact) mass is 311 g/mol. The molecule has 1 N–H and O–H groups in total. The number of carbonyl (C=O) groups is 1. The summed E-state index contributed by atoms with van der Waals surface area (Å²) >= 11 is 0. The fraction of sp³-hybridized carbons (Fsp3) is 0.316. The number of nitrogens with zero attached hydrogens (tertiary/aromatic N) is 1. The molecule has 1 fully saturated rings. The zero-order chi connectivity index (χ0) is 16.2. The van der Waals surface area contributed by atoms with Gasteiger partial charge in [0, 0.05) is 6.54 Å². The molecule has 1 saturated heterocycles. The van der Waals surface area contributed by atoms with Crippen LogP contribution in [0.3, 0.4) is 0 Å². The highest BCUT2D eigenvalue weighted by atomic mass is 16.5. The Balaban J connectivity index is 1.85. The van der Waals surface area contributed by atoms with Crippen molar-refractivity contribution in [3.05, 3.63) is 66.3 Å². The van der Waals surface area contributed by atoms with Crippen LogP contribution in [0, 0.1) is 5.92 Å². The van der Waals surface area contributed by atoms with Crippen LogP contribution >= 0.6 is 0 Å². The van der Waals surface area contributed by atoms with Gasteiger partial charge in [0.05, 0.1) is 25.2 Å². The van der Waals surface area contributed by atoms with Crippen LogP contribution in [-0.4, -0.2) is 35.7 Å². The first kappa shape index (κ1) is 15.6. The zero-order valence-corrected chi connectivity index (χ0v) is 13.1. The van der Waals surface area contributed by atoms with Crippen LogP contribution in [0.2, 0.25) is 0 Å². The van der Waals surface area contributed by atoms with E-state index in [0.717, 1.165) is 11.3 Å². The molecule has 23 heavy (non-hydrogen) atoms. The fourth-order valence-corrected chi connectivity index (χ4v) is 3.14. The number of likely N-dealkylation sites (tertiary alicyclic amines) is 1. The summed E-state index contributed by atoms with van der Waals surface area (Å²) in [5.74, 6) is 0.490. The molecule has 3 rings (SSSR count). The van der Waals surface area contributed by atoms with E-state index in [1.807, 2.05) is 60.7 Å². The van der Waals surface area contributed by atoms with Crippen LogP contribution in [0.5, 0.6) is 5.75 Å². The normalized spacial score (nSPS) is 24.0.